The lowest BCUT2D eigenvalue weighted by Crippen LogP contribution is -2.02. The van der Waals surface area contributed by atoms with Gasteiger partial charge in [-0.3, -0.25) is 0 Å². The SMILES string of the molecule is COc1ccc(-c2c(C)c(C#N)c(SC)c(-c3ccccc3)c2-c2ccccc2)c(OC)c1. The molecule has 0 bridgehead atoms. The van der Waals surface area contributed by atoms with Crippen LogP contribution in [-0.4, -0.2) is 20.5 Å². The number of hydrogen-bond acceptors (Lipinski definition) is 4. The van der Waals surface area contributed by atoms with Gasteiger partial charge < -0.3 is 9.47 Å². The summed E-state index contributed by atoms with van der Waals surface area (Å²) < 4.78 is 11.2. The van der Waals surface area contributed by atoms with Crippen molar-refractivity contribution >= 4 is 11.8 Å². The second kappa shape index (κ2) is 9.85. The predicted molar refractivity (Wildman–Crippen MR) is 137 cm³/mol. The first kappa shape index (κ1) is 22.5. The molecular weight excluding hydrogens is 426 g/mol. The van der Waals surface area contributed by atoms with E-state index in [-0.39, 0.29) is 0 Å². The molecule has 0 aliphatic carbocycles. The van der Waals surface area contributed by atoms with E-state index in [1.165, 1.54) is 0 Å². The molecule has 0 atom stereocenters. The number of thioether (sulfide) groups is 1. The molecule has 0 N–H and O–H groups in total. The quantitative estimate of drug-likeness (QED) is 0.283. The average molecular weight is 452 g/mol. The summed E-state index contributed by atoms with van der Waals surface area (Å²) in [5.41, 5.74) is 7.86. The molecule has 4 aromatic rings. The molecule has 0 saturated carbocycles. The highest BCUT2D eigenvalue weighted by atomic mass is 32.2. The lowest BCUT2D eigenvalue weighted by molar-refractivity contribution is 0.395. The zero-order valence-corrected chi connectivity index (χ0v) is 20.0. The molecule has 4 heteroatoms. The van der Waals surface area contributed by atoms with Crippen LogP contribution in [0.5, 0.6) is 11.5 Å². The Morgan fingerprint density at radius 1 is 0.758 bits per heavy atom. The van der Waals surface area contributed by atoms with Crippen molar-refractivity contribution in [2.24, 2.45) is 0 Å². The van der Waals surface area contributed by atoms with Crippen LogP contribution in [0.2, 0.25) is 0 Å². The van der Waals surface area contributed by atoms with E-state index in [2.05, 4.69) is 30.3 Å². The maximum atomic E-state index is 10.2. The zero-order chi connectivity index (χ0) is 23.4. The molecule has 0 saturated heterocycles. The largest absolute Gasteiger partial charge is 0.497 e. The van der Waals surface area contributed by atoms with Crippen LogP contribution in [0.1, 0.15) is 11.1 Å². The standard InChI is InChI=1S/C29H25NO2S/c1-19-24(18-30)29(33-4)28(21-13-9-6-10-14-21)27(20-11-7-5-8-12-20)26(19)23-16-15-22(31-2)17-25(23)32-3/h5-17H,1-4H3. The molecule has 0 aliphatic heterocycles. The van der Waals surface area contributed by atoms with Crippen molar-refractivity contribution in [2.75, 3.05) is 20.5 Å². The van der Waals surface area contributed by atoms with Crippen LogP contribution in [-0.2, 0) is 0 Å². The third-order valence-corrected chi connectivity index (χ3v) is 6.64. The van der Waals surface area contributed by atoms with Gasteiger partial charge in [0.1, 0.15) is 17.6 Å². The van der Waals surface area contributed by atoms with Gasteiger partial charge in [0.25, 0.3) is 0 Å². The summed E-state index contributed by atoms with van der Waals surface area (Å²) in [5.74, 6) is 1.42. The Balaban J connectivity index is 2.24. The minimum Gasteiger partial charge on any atom is -0.497 e. The van der Waals surface area contributed by atoms with Crippen LogP contribution in [0, 0.1) is 18.3 Å². The lowest BCUT2D eigenvalue weighted by atomic mass is 9.82. The van der Waals surface area contributed by atoms with E-state index in [1.54, 1.807) is 26.0 Å². The third kappa shape index (κ3) is 4.08. The molecule has 4 rings (SSSR count). The summed E-state index contributed by atoms with van der Waals surface area (Å²) in [6.45, 7) is 2.03. The van der Waals surface area contributed by atoms with Crippen molar-refractivity contribution in [3.63, 3.8) is 0 Å². The van der Waals surface area contributed by atoms with Crippen LogP contribution in [0.15, 0.2) is 83.8 Å². The van der Waals surface area contributed by atoms with Gasteiger partial charge >= 0.3 is 0 Å². The second-order valence-electron chi connectivity index (χ2n) is 7.57. The fourth-order valence-electron chi connectivity index (χ4n) is 4.30. The maximum absolute atomic E-state index is 10.2. The number of benzene rings is 4. The molecule has 0 spiro atoms. The van der Waals surface area contributed by atoms with Gasteiger partial charge in [0.05, 0.1) is 19.8 Å². The summed E-state index contributed by atoms with van der Waals surface area (Å²) >= 11 is 1.61. The second-order valence-corrected chi connectivity index (χ2v) is 8.38. The van der Waals surface area contributed by atoms with E-state index < -0.39 is 0 Å². The molecule has 0 aliphatic rings. The number of nitriles is 1. The Bertz CT molecular complexity index is 1330. The fraction of sp³-hybridized carbons (Fsp3) is 0.138. The van der Waals surface area contributed by atoms with Gasteiger partial charge in [-0.05, 0) is 53.1 Å². The normalized spacial score (nSPS) is 10.5. The molecule has 0 fully saturated rings. The van der Waals surface area contributed by atoms with Gasteiger partial charge in [0.15, 0.2) is 0 Å². The monoisotopic (exact) mass is 451 g/mol. The van der Waals surface area contributed by atoms with E-state index in [9.17, 15) is 5.26 Å². The first-order valence-electron chi connectivity index (χ1n) is 10.6. The van der Waals surface area contributed by atoms with Crippen molar-refractivity contribution in [3.8, 4) is 50.9 Å². The molecule has 3 nitrogen and oxygen atoms in total. The topological polar surface area (TPSA) is 42.2 Å². The van der Waals surface area contributed by atoms with E-state index >= 15 is 0 Å². The number of methoxy groups -OCH3 is 2. The molecule has 0 aromatic heterocycles. The van der Waals surface area contributed by atoms with Gasteiger partial charge in [-0.25, -0.2) is 0 Å². The molecule has 164 valence electrons. The zero-order valence-electron chi connectivity index (χ0n) is 19.2. The average Bonchev–Trinajstić information content (AvgIpc) is 2.88. The molecule has 0 heterocycles. The Kier molecular flexibility index (Phi) is 6.72. The van der Waals surface area contributed by atoms with Crippen molar-refractivity contribution in [1.29, 1.82) is 5.26 Å². The molecule has 4 aromatic carbocycles. The highest BCUT2D eigenvalue weighted by Gasteiger charge is 2.26. The smallest absolute Gasteiger partial charge is 0.130 e. The highest BCUT2D eigenvalue weighted by molar-refractivity contribution is 7.98. The lowest BCUT2D eigenvalue weighted by Gasteiger charge is -2.24. The molecular formula is C29H25NO2S. The van der Waals surface area contributed by atoms with E-state index in [1.807, 2.05) is 67.8 Å². The van der Waals surface area contributed by atoms with Crippen LogP contribution < -0.4 is 9.47 Å². The number of ether oxygens (including phenoxy) is 2. The van der Waals surface area contributed by atoms with Gasteiger partial charge in [-0.15, -0.1) is 11.8 Å². The summed E-state index contributed by atoms with van der Waals surface area (Å²) in [6.07, 6.45) is 2.03. The summed E-state index contributed by atoms with van der Waals surface area (Å²) in [4.78, 5) is 0.983. The van der Waals surface area contributed by atoms with Crippen molar-refractivity contribution in [1.82, 2.24) is 0 Å². The van der Waals surface area contributed by atoms with Crippen LogP contribution in [0.4, 0.5) is 0 Å². The Labute approximate surface area is 199 Å². The molecule has 0 amide bonds. The summed E-state index contributed by atoms with van der Waals surface area (Å²) in [6, 6.07) is 29.0. The van der Waals surface area contributed by atoms with Gasteiger partial charge in [-0.1, -0.05) is 60.7 Å². The maximum Gasteiger partial charge on any atom is 0.130 e. The van der Waals surface area contributed by atoms with E-state index in [0.717, 1.165) is 49.6 Å². The van der Waals surface area contributed by atoms with Crippen LogP contribution >= 0.6 is 11.8 Å². The fourth-order valence-corrected chi connectivity index (χ4v) is 5.13. The first-order chi connectivity index (χ1) is 16.1. The summed E-state index contributed by atoms with van der Waals surface area (Å²) in [5, 5.41) is 10.2. The van der Waals surface area contributed by atoms with Crippen molar-refractivity contribution in [3.05, 3.63) is 90.0 Å². The van der Waals surface area contributed by atoms with E-state index in [0.29, 0.717) is 11.3 Å². The number of hydrogen-bond donors (Lipinski definition) is 0. The predicted octanol–water partition coefficient (Wildman–Crippen LogP) is 7.61. The minimum absolute atomic E-state index is 0.689. The van der Waals surface area contributed by atoms with Crippen molar-refractivity contribution in [2.45, 2.75) is 11.8 Å². The minimum atomic E-state index is 0.689. The third-order valence-electron chi connectivity index (χ3n) is 5.82. The Morgan fingerprint density at radius 2 is 1.36 bits per heavy atom. The van der Waals surface area contributed by atoms with Crippen molar-refractivity contribution < 1.29 is 9.47 Å². The molecule has 0 unspecified atom stereocenters. The summed E-state index contributed by atoms with van der Waals surface area (Å²) in [7, 11) is 3.30. The Hall–Kier alpha value is -3.68. The molecule has 33 heavy (non-hydrogen) atoms. The number of nitrogens with zero attached hydrogens (tertiary/aromatic N) is 1. The van der Waals surface area contributed by atoms with Gasteiger partial charge in [-0.2, -0.15) is 5.26 Å². The Morgan fingerprint density at radius 3 is 1.88 bits per heavy atom. The first-order valence-corrected chi connectivity index (χ1v) is 11.8. The van der Waals surface area contributed by atoms with Crippen LogP contribution in [0.3, 0.4) is 0 Å². The van der Waals surface area contributed by atoms with Crippen LogP contribution in [0.25, 0.3) is 33.4 Å². The molecule has 0 radical (unpaired) electrons. The van der Waals surface area contributed by atoms with Gasteiger partial charge in [0, 0.05) is 22.1 Å². The highest BCUT2D eigenvalue weighted by Crippen LogP contribution is 2.50. The number of rotatable bonds is 6. The van der Waals surface area contributed by atoms with E-state index in [4.69, 9.17) is 9.47 Å². The van der Waals surface area contributed by atoms with Gasteiger partial charge in [0.2, 0.25) is 0 Å².